The Labute approximate surface area is 101 Å². The number of pyridine rings is 1. The summed E-state index contributed by atoms with van der Waals surface area (Å²) in [4.78, 5) is 16.1. The minimum absolute atomic E-state index is 0.218. The molecular weight excluding hydrogens is 218 g/mol. The Balaban J connectivity index is 2.42. The Morgan fingerprint density at radius 3 is 2.65 bits per heavy atom. The number of hydrogen-bond donors (Lipinski definition) is 0. The summed E-state index contributed by atoms with van der Waals surface area (Å²) in [5.74, 6) is -0.218. The highest BCUT2D eigenvalue weighted by Gasteiger charge is 2.56. The number of esters is 1. The van der Waals surface area contributed by atoms with Crippen LogP contribution in [0.2, 0.25) is 0 Å². The Bertz CT molecular complexity index is 410. The van der Waals surface area contributed by atoms with Gasteiger partial charge in [-0.25, -0.2) is 0 Å². The molecule has 0 radical (unpaired) electrons. The molecule has 1 aliphatic rings. The second-order valence-electron chi connectivity index (χ2n) is 4.93. The summed E-state index contributed by atoms with van der Waals surface area (Å²) in [6, 6.07) is 3.86. The van der Waals surface area contributed by atoms with Crippen LogP contribution in [0.4, 0.5) is 0 Å². The van der Waals surface area contributed by atoms with Crippen molar-refractivity contribution in [1.82, 2.24) is 4.98 Å². The Kier molecular flexibility index (Phi) is 2.91. The van der Waals surface area contributed by atoms with Gasteiger partial charge in [-0.2, -0.15) is 0 Å². The van der Waals surface area contributed by atoms with Gasteiger partial charge in [0.05, 0.1) is 31.2 Å². The zero-order chi connectivity index (χ0) is 12.5. The van der Waals surface area contributed by atoms with Crippen molar-refractivity contribution in [3.63, 3.8) is 0 Å². The molecule has 0 spiro atoms. The van der Waals surface area contributed by atoms with Gasteiger partial charge in [-0.05, 0) is 25.5 Å². The van der Waals surface area contributed by atoms with E-state index in [-0.39, 0.29) is 11.4 Å². The van der Waals surface area contributed by atoms with Crippen molar-refractivity contribution in [3.8, 4) is 0 Å². The average Bonchev–Trinajstić information content (AvgIpc) is 2.27. The summed E-state index contributed by atoms with van der Waals surface area (Å²) in [6.45, 7) is 4.85. The monoisotopic (exact) mass is 235 g/mol. The third-order valence-electron chi connectivity index (χ3n) is 3.80. The molecule has 1 aromatic rings. The van der Waals surface area contributed by atoms with Gasteiger partial charge in [-0.15, -0.1) is 0 Å². The van der Waals surface area contributed by atoms with E-state index in [9.17, 15) is 4.79 Å². The lowest BCUT2D eigenvalue weighted by molar-refractivity contribution is -0.174. The van der Waals surface area contributed by atoms with Crippen LogP contribution in [0.5, 0.6) is 0 Å². The van der Waals surface area contributed by atoms with E-state index in [0.717, 1.165) is 5.56 Å². The first-order valence-corrected chi connectivity index (χ1v) is 5.61. The number of aromatic nitrogens is 1. The van der Waals surface area contributed by atoms with Gasteiger partial charge in [0.1, 0.15) is 0 Å². The van der Waals surface area contributed by atoms with Gasteiger partial charge in [0.25, 0.3) is 0 Å². The van der Waals surface area contributed by atoms with E-state index in [1.807, 2.05) is 26.0 Å². The fourth-order valence-electron chi connectivity index (χ4n) is 2.29. The van der Waals surface area contributed by atoms with Crippen LogP contribution in [-0.2, 0) is 19.7 Å². The molecule has 1 aliphatic heterocycles. The van der Waals surface area contributed by atoms with Crippen LogP contribution in [0.1, 0.15) is 19.4 Å². The second kappa shape index (κ2) is 4.11. The normalized spacial score (nSPS) is 18.3. The minimum Gasteiger partial charge on any atom is -0.469 e. The summed E-state index contributed by atoms with van der Waals surface area (Å²) in [5, 5.41) is 0. The number of nitrogens with zero attached hydrogens (tertiary/aromatic N) is 1. The molecule has 1 aromatic heterocycles. The highest BCUT2D eigenvalue weighted by atomic mass is 16.5. The largest absolute Gasteiger partial charge is 0.469 e. The Morgan fingerprint density at radius 2 is 2.24 bits per heavy atom. The van der Waals surface area contributed by atoms with Crippen molar-refractivity contribution in [2.24, 2.45) is 5.41 Å². The van der Waals surface area contributed by atoms with E-state index in [4.69, 9.17) is 9.47 Å². The van der Waals surface area contributed by atoms with E-state index in [0.29, 0.717) is 13.2 Å². The van der Waals surface area contributed by atoms with Crippen LogP contribution < -0.4 is 0 Å². The van der Waals surface area contributed by atoms with Gasteiger partial charge >= 0.3 is 5.97 Å². The lowest BCUT2D eigenvalue weighted by Crippen LogP contribution is -2.60. The van der Waals surface area contributed by atoms with Crippen LogP contribution in [0.3, 0.4) is 0 Å². The molecule has 0 aliphatic carbocycles. The first-order valence-electron chi connectivity index (χ1n) is 5.61. The summed E-state index contributed by atoms with van der Waals surface area (Å²) >= 11 is 0. The first-order chi connectivity index (χ1) is 8.04. The number of carbonyl (C=O) groups is 1. The van der Waals surface area contributed by atoms with Crippen LogP contribution in [0, 0.1) is 5.41 Å². The fraction of sp³-hybridized carbons (Fsp3) is 0.538. The van der Waals surface area contributed by atoms with Gasteiger partial charge < -0.3 is 9.47 Å². The highest BCUT2D eigenvalue weighted by Crippen LogP contribution is 2.47. The zero-order valence-corrected chi connectivity index (χ0v) is 10.4. The number of hydrogen-bond acceptors (Lipinski definition) is 4. The summed E-state index contributed by atoms with van der Waals surface area (Å²) in [7, 11) is 1.42. The summed E-state index contributed by atoms with van der Waals surface area (Å²) in [6.07, 6.45) is 3.52. The minimum atomic E-state index is -0.622. The van der Waals surface area contributed by atoms with Crippen LogP contribution in [-0.4, -0.2) is 31.3 Å². The third-order valence-corrected chi connectivity index (χ3v) is 3.80. The van der Waals surface area contributed by atoms with E-state index < -0.39 is 5.41 Å². The molecular formula is C13H17NO3. The molecule has 17 heavy (non-hydrogen) atoms. The second-order valence-corrected chi connectivity index (χ2v) is 4.93. The average molecular weight is 235 g/mol. The third kappa shape index (κ3) is 1.63. The molecule has 1 fully saturated rings. The van der Waals surface area contributed by atoms with Gasteiger partial charge in [0.15, 0.2) is 0 Å². The summed E-state index contributed by atoms with van der Waals surface area (Å²) < 4.78 is 10.2. The maximum Gasteiger partial charge on any atom is 0.312 e. The number of methoxy groups -OCH3 is 1. The molecule has 4 heteroatoms. The van der Waals surface area contributed by atoms with Crippen molar-refractivity contribution >= 4 is 5.97 Å². The van der Waals surface area contributed by atoms with Gasteiger partial charge in [0, 0.05) is 12.4 Å². The highest BCUT2D eigenvalue weighted by molar-refractivity contribution is 5.78. The van der Waals surface area contributed by atoms with E-state index in [1.54, 1.807) is 12.4 Å². The van der Waals surface area contributed by atoms with Crippen LogP contribution in [0.15, 0.2) is 24.5 Å². The maximum absolute atomic E-state index is 11.9. The number of rotatable bonds is 3. The molecule has 0 N–H and O–H groups in total. The molecule has 0 saturated carbocycles. The quantitative estimate of drug-likeness (QED) is 0.746. The molecule has 92 valence electrons. The topological polar surface area (TPSA) is 48.4 Å². The zero-order valence-electron chi connectivity index (χ0n) is 10.4. The van der Waals surface area contributed by atoms with E-state index in [2.05, 4.69) is 4.98 Å². The molecule has 2 heterocycles. The van der Waals surface area contributed by atoms with E-state index in [1.165, 1.54) is 7.11 Å². The molecule has 0 amide bonds. The first kappa shape index (κ1) is 12.0. The van der Waals surface area contributed by atoms with Crippen molar-refractivity contribution in [2.75, 3.05) is 20.3 Å². The Morgan fingerprint density at radius 1 is 1.53 bits per heavy atom. The fourth-order valence-corrected chi connectivity index (χ4v) is 2.29. The smallest absolute Gasteiger partial charge is 0.312 e. The standard InChI is InChI=1S/C13H17NO3/c1-12(2,11(15)16-3)13(8-17-9-13)10-5-4-6-14-7-10/h4-7H,8-9H2,1-3H3. The molecule has 0 bridgehead atoms. The van der Waals surface area contributed by atoms with Crippen molar-refractivity contribution in [1.29, 1.82) is 0 Å². The van der Waals surface area contributed by atoms with Crippen LogP contribution in [0.25, 0.3) is 0 Å². The summed E-state index contributed by atoms with van der Waals surface area (Å²) in [5.41, 5.74) is 0.0823. The molecule has 2 rings (SSSR count). The molecule has 1 saturated heterocycles. The SMILES string of the molecule is COC(=O)C(C)(C)C1(c2cccnc2)COC1. The van der Waals surface area contributed by atoms with Crippen molar-refractivity contribution < 1.29 is 14.3 Å². The number of ether oxygens (including phenoxy) is 2. The number of carbonyl (C=O) groups excluding carboxylic acids is 1. The van der Waals surface area contributed by atoms with Crippen molar-refractivity contribution in [3.05, 3.63) is 30.1 Å². The van der Waals surface area contributed by atoms with Crippen LogP contribution >= 0.6 is 0 Å². The maximum atomic E-state index is 11.9. The molecule has 0 atom stereocenters. The molecule has 0 aromatic carbocycles. The Hall–Kier alpha value is -1.42. The predicted octanol–water partition coefficient (Wildman–Crippen LogP) is 1.55. The molecule has 0 unspecified atom stereocenters. The van der Waals surface area contributed by atoms with Gasteiger partial charge in [-0.3, -0.25) is 9.78 Å². The van der Waals surface area contributed by atoms with Crippen molar-refractivity contribution in [2.45, 2.75) is 19.3 Å². The van der Waals surface area contributed by atoms with Gasteiger partial charge in [-0.1, -0.05) is 6.07 Å². The predicted molar refractivity (Wildman–Crippen MR) is 62.5 cm³/mol. The van der Waals surface area contributed by atoms with Gasteiger partial charge in [0.2, 0.25) is 0 Å². The lowest BCUT2D eigenvalue weighted by atomic mass is 9.60. The molecule has 4 nitrogen and oxygen atoms in total. The van der Waals surface area contributed by atoms with E-state index >= 15 is 0 Å². The lowest BCUT2D eigenvalue weighted by Gasteiger charge is -2.50.